The topological polar surface area (TPSA) is 81.6 Å². The number of nitrogens with one attached hydrogen (secondary N) is 2. The molecule has 22 heavy (non-hydrogen) atoms. The fourth-order valence-electron chi connectivity index (χ4n) is 2.84. The third-order valence-corrected chi connectivity index (χ3v) is 4.19. The van der Waals surface area contributed by atoms with Crippen LogP contribution in [0.25, 0.3) is 11.3 Å². The molecule has 1 amide bonds. The molecule has 1 aromatic carbocycles. The van der Waals surface area contributed by atoms with Gasteiger partial charge in [-0.3, -0.25) is 9.89 Å². The maximum atomic E-state index is 12.3. The Kier molecular flexibility index (Phi) is 3.68. The highest BCUT2D eigenvalue weighted by Crippen LogP contribution is 2.29. The number of rotatable bonds is 3. The number of hydrogen-bond donors (Lipinski definition) is 2. The van der Waals surface area contributed by atoms with E-state index < -0.39 is 5.54 Å². The summed E-state index contributed by atoms with van der Waals surface area (Å²) in [6.07, 6.45) is 3.39. The molecule has 1 fully saturated rings. The molecular weight excluding hydrogens is 276 g/mol. The average molecular weight is 294 g/mol. The Morgan fingerprint density at radius 1 is 1.32 bits per heavy atom. The van der Waals surface area contributed by atoms with Crippen molar-refractivity contribution in [2.45, 2.75) is 38.1 Å². The Morgan fingerprint density at radius 3 is 2.64 bits per heavy atom. The molecule has 0 saturated heterocycles. The molecule has 1 heterocycles. The summed E-state index contributed by atoms with van der Waals surface area (Å²) in [6.45, 7) is 2.02. The quantitative estimate of drug-likeness (QED) is 0.913. The lowest BCUT2D eigenvalue weighted by Gasteiger charge is -2.21. The van der Waals surface area contributed by atoms with Gasteiger partial charge in [0, 0.05) is 5.56 Å². The number of aryl methyl sites for hydroxylation is 1. The molecule has 1 aliphatic rings. The molecule has 1 saturated carbocycles. The molecule has 5 nitrogen and oxygen atoms in total. The first-order valence-corrected chi connectivity index (χ1v) is 7.48. The van der Waals surface area contributed by atoms with Crippen LogP contribution in [0.5, 0.6) is 0 Å². The Hall–Kier alpha value is -2.61. The van der Waals surface area contributed by atoms with Crippen molar-refractivity contribution < 1.29 is 4.79 Å². The van der Waals surface area contributed by atoms with Crippen LogP contribution in [0, 0.1) is 18.3 Å². The second kappa shape index (κ2) is 5.64. The van der Waals surface area contributed by atoms with Crippen molar-refractivity contribution in [1.29, 1.82) is 5.26 Å². The van der Waals surface area contributed by atoms with Gasteiger partial charge >= 0.3 is 0 Å². The zero-order valence-corrected chi connectivity index (χ0v) is 12.5. The van der Waals surface area contributed by atoms with Crippen molar-refractivity contribution in [3.8, 4) is 17.3 Å². The summed E-state index contributed by atoms with van der Waals surface area (Å²) in [7, 11) is 0. The molecule has 0 bridgehead atoms. The van der Waals surface area contributed by atoms with E-state index in [0.29, 0.717) is 18.5 Å². The molecule has 0 radical (unpaired) electrons. The number of nitrogens with zero attached hydrogens (tertiary/aromatic N) is 2. The van der Waals surface area contributed by atoms with Gasteiger partial charge in [-0.05, 0) is 38.7 Å². The van der Waals surface area contributed by atoms with Gasteiger partial charge in [0.25, 0.3) is 5.91 Å². The first kappa shape index (κ1) is 14.3. The zero-order valence-electron chi connectivity index (χ0n) is 12.5. The molecule has 0 aliphatic heterocycles. The minimum Gasteiger partial charge on any atom is -0.332 e. The predicted molar refractivity (Wildman–Crippen MR) is 83.0 cm³/mol. The standard InChI is InChI=1S/C17H18N4O/c1-12-4-6-13(7-5-12)14-10-15(21-20-14)16(22)19-17(11-18)8-2-3-9-17/h4-7,10H,2-3,8-9H2,1H3,(H,19,22)(H,20,21). The minimum atomic E-state index is -0.716. The van der Waals surface area contributed by atoms with E-state index >= 15 is 0 Å². The van der Waals surface area contributed by atoms with Gasteiger partial charge in [0.1, 0.15) is 11.2 Å². The molecule has 2 N–H and O–H groups in total. The summed E-state index contributed by atoms with van der Waals surface area (Å²) in [5.74, 6) is -0.269. The van der Waals surface area contributed by atoms with Crippen LogP contribution in [0.4, 0.5) is 0 Å². The van der Waals surface area contributed by atoms with E-state index in [1.165, 1.54) is 5.56 Å². The third-order valence-electron chi connectivity index (χ3n) is 4.19. The highest BCUT2D eigenvalue weighted by atomic mass is 16.2. The predicted octanol–water partition coefficient (Wildman–Crippen LogP) is 2.95. The van der Waals surface area contributed by atoms with Crippen LogP contribution in [-0.4, -0.2) is 21.6 Å². The molecule has 5 heteroatoms. The molecule has 112 valence electrons. The van der Waals surface area contributed by atoms with Crippen molar-refractivity contribution in [2.75, 3.05) is 0 Å². The van der Waals surface area contributed by atoms with Gasteiger partial charge in [-0.15, -0.1) is 0 Å². The normalized spacial score (nSPS) is 16.2. The molecular formula is C17H18N4O. The Balaban J connectivity index is 1.77. The lowest BCUT2D eigenvalue weighted by molar-refractivity contribution is 0.0915. The maximum Gasteiger partial charge on any atom is 0.270 e. The van der Waals surface area contributed by atoms with Crippen LogP contribution < -0.4 is 5.32 Å². The molecule has 0 spiro atoms. The number of benzene rings is 1. The summed E-state index contributed by atoms with van der Waals surface area (Å²) in [5.41, 5.74) is 2.53. The van der Waals surface area contributed by atoms with E-state index in [0.717, 1.165) is 24.1 Å². The van der Waals surface area contributed by atoms with Gasteiger partial charge < -0.3 is 5.32 Å². The highest BCUT2D eigenvalue weighted by Gasteiger charge is 2.35. The van der Waals surface area contributed by atoms with Gasteiger partial charge in [0.05, 0.1) is 11.8 Å². The highest BCUT2D eigenvalue weighted by molar-refractivity contribution is 5.94. The molecule has 2 aromatic rings. The first-order chi connectivity index (χ1) is 10.6. The number of carbonyl (C=O) groups excluding carboxylic acids is 1. The fraction of sp³-hybridized carbons (Fsp3) is 0.353. The van der Waals surface area contributed by atoms with Crippen LogP contribution in [0.2, 0.25) is 0 Å². The van der Waals surface area contributed by atoms with Crippen molar-refractivity contribution in [3.05, 3.63) is 41.6 Å². The molecule has 1 aromatic heterocycles. The number of H-pyrrole nitrogens is 1. The van der Waals surface area contributed by atoms with Crippen LogP contribution in [0.1, 0.15) is 41.7 Å². The van der Waals surface area contributed by atoms with Crippen molar-refractivity contribution in [3.63, 3.8) is 0 Å². The van der Waals surface area contributed by atoms with Gasteiger partial charge in [0.2, 0.25) is 0 Å². The second-order valence-corrected chi connectivity index (χ2v) is 5.89. The lowest BCUT2D eigenvalue weighted by atomic mass is 9.99. The Morgan fingerprint density at radius 2 is 2.00 bits per heavy atom. The van der Waals surface area contributed by atoms with Crippen LogP contribution in [-0.2, 0) is 0 Å². The summed E-state index contributed by atoms with van der Waals surface area (Å²) < 4.78 is 0. The Bertz CT molecular complexity index is 718. The van der Waals surface area contributed by atoms with E-state index in [4.69, 9.17) is 0 Å². The number of hydrogen-bond acceptors (Lipinski definition) is 3. The molecule has 1 aliphatic carbocycles. The second-order valence-electron chi connectivity index (χ2n) is 5.89. The number of nitriles is 1. The van der Waals surface area contributed by atoms with E-state index in [2.05, 4.69) is 21.6 Å². The van der Waals surface area contributed by atoms with Crippen molar-refractivity contribution in [2.24, 2.45) is 0 Å². The number of amides is 1. The van der Waals surface area contributed by atoms with Gasteiger partial charge in [-0.25, -0.2) is 0 Å². The Labute approximate surface area is 129 Å². The van der Waals surface area contributed by atoms with E-state index in [1.807, 2.05) is 31.2 Å². The molecule has 0 unspecified atom stereocenters. The minimum absolute atomic E-state index is 0.269. The van der Waals surface area contributed by atoms with Crippen molar-refractivity contribution in [1.82, 2.24) is 15.5 Å². The maximum absolute atomic E-state index is 12.3. The summed E-state index contributed by atoms with van der Waals surface area (Å²) in [6, 6.07) is 11.9. The van der Waals surface area contributed by atoms with Crippen molar-refractivity contribution >= 4 is 5.91 Å². The van der Waals surface area contributed by atoms with Crippen LogP contribution in [0.3, 0.4) is 0 Å². The SMILES string of the molecule is Cc1ccc(-c2cc(C(=O)NC3(C#N)CCCC3)[nH]n2)cc1. The first-order valence-electron chi connectivity index (χ1n) is 7.48. The van der Waals surface area contributed by atoms with E-state index in [1.54, 1.807) is 6.07 Å². The smallest absolute Gasteiger partial charge is 0.270 e. The number of aromatic nitrogens is 2. The van der Waals surface area contributed by atoms with Gasteiger partial charge in [-0.2, -0.15) is 10.4 Å². The summed E-state index contributed by atoms with van der Waals surface area (Å²) in [5, 5.41) is 19.1. The van der Waals surface area contributed by atoms with Crippen LogP contribution >= 0.6 is 0 Å². The monoisotopic (exact) mass is 294 g/mol. The lowest BCUT2D eigenvalue weighted by Crippen LogP contribution is -2.45. The van der Waals surface area contributed by atoms with Gasteiger partial charge in [0.15, 0.2) is 0 Å². The zero-order chi connectivity index (χ0) is 15.6. The van der Waals surface area contributed by atoms with E-state index in [-0.39, 0.29) is 5.91 Å². The third kappa shape index (κ3) is 2.73. The summed E-state index contributed by atoms with van der Waals surface area (Å²) >= 11 is 0. The van der Waals surface area contributed by atoms with Gasteiger partial charge in [-0.1, -0.05) is 29.8 Å². The number of aromatic amines is 1. The average Bonchev–Trinajstić information content (AvgIpc) is 3.18. The van der Waals surface area contributed by atoms with Crippen LogP contribution in [0.15, 0.2) is 30.3 Å². The summed E-state index contributed by atoms with van der Waals surface area (Å²) in [4.78, 5) is 12.3. The molecule has 0 atom stereocenters. The fourth-order valence-corrected chi connectivity index (χ4v) is 2.84. The van der Waals surface area contributed by atoms with E-state index in [9.17, 15) is 10.1 Å². The number of carbonyl (C=O) groups is 1. The molecule has 3 rings (SSSR count). The largest absolute Gasteiger partial charge is 0.332 e.